The molecule has 0 spiro atoms. The molecule has 0 amide bonds. The van der Waals surface area contributed by atoms with E-state index in [2.05, 4.69) is 44.3 Å². The van der Waals surface area contributed by atoms with Crippen molar-refractivity contribution in [3.05, 3.63) is 75.9 Å². The van der Waals surface area contributed by atoms with Gasteiger partial charge in [0.05, 0.1) is 28.0 Å². The monoisotopic (exact) mass is 579 g/mol. The van der Waals surface area contributed by atoms with Gasteiger partial charge in [0.15, 0.2) is 0 Å². The van der Waals surface area contributed by atoms with E-state index in [4.69, 9.17) is 9.97 Å². The lowest BCUT2D eigenvalue weighted by molar-refractivity contribution is -0.384. The van der Waals surface area contributed by atoms with Crippen LogP contribution in [0, 0.1) is 24.0 Å². The average molecular weight is 580 g/mol. The lowest BCUT2D eigenvalue weighted by Crippen LogP contribution is -2.29. The Hall–Kier alpha value is -4.77. The highest BCUT2D eigenvalue weighted by Crippen LogP contribution is 2.40. The zero-order valence-corrected chi connectivity index (χ0v) is 25.5. The zero-order valence-electron chi connectivity index (χ0n) is 25.5. The molecule has 11 nitrogen and oxygen atoms in total. The first-order valence-corrected chi connectivity index (χ1v) is 14.5. The Morgan fingerprint density at radius 3 is 2.60 bits per heavy atom. The Labute approximate surface area is 250 Å². The third kappa shape index (κ3) is 5.20. The van der Waals surface area contributed by atoms with Gasteiger partial charge < -0.3 is 19.7 Å². The fourth-order valence-electron chi connectivity index (χ4n) is 5.91. The standard InChI is InChI=1S/C32H37N9O2/c1-20-15-28(38(5)14-13-37(3)4)29(41(42)43)16-27(20)35-32-33-17-25(24-18-34-39(6)21(24)2)30(36-32)26-19-40-12-8-10-22-9-7-11-23(26)31(22)40/h7,9,11,15-19H,8,10,12-14H2,1-6H3,(H,33,35,36). The van der Waals surface area contributed by atoms with Crippen LogP contribution in [-0.4, -0.2) is 68.4 Å². The summed E-state index contributed by atoms with van der Waals surface area (Å²) in [4.78, 5) is 25.6. The lowest BCUT2D eigenvalue weighted by atomic mass is 9.98. The van der Waals surface area contributed by atoms with Crippen molar-refractivity contribution in [3.63, 3.8) is 0 Å². The molecule has 11 heteroatoms. The van der Waals surface area contributed by atoms with Crippen molar-refractivity contribution in [1.82, 2.24) is 29.2 Å². The number of likely N-dealkylation sites (N-methyl/N-ethyl adjacent to an activating group) is 2. The molecule has 1 aliphatic heterocycles. The number of aryl methyl sites for hydroxylation is 4. The van der Waals surface area contributed by atoms with E-state index in [-0.39, 0.29) is 10.6 Å². The smallest absolute Gasteiger partial charge is 0.294 e. The fourth-order valence-corrected chi connectivity index (χ4v) is 5.91. The first kappa shape index (κ1) is 28.4. The normalized spacial score (nSPS) is 12.7. The van der Waals surface area contributed by atoms with Gasteiger partial charge in [-0.3, -0.25) is 14.8 Å². The SMILES string of the molecule is Cc1cc(N(C)CCN(C)C)c([N+](=O)[O-])cc1Nc1ncc(-c2cnn(C)c2C)c(-c2cn3c4c(cccc24)CCC3)n1. The Morgan fingerprint density at radius 2 is 1.88 bits per heavy atom. The van der Waals surface area contributed by atoms with E-state index >= 15 is 0 Å². The molecule has 43 heavy (non-hydrogen) atoms. The number of hydrogen-bond acceptors (Lipinski definition) is 8. The minimum atomic E-state index is -0.333. The second-order valence-corrected chi connectivity index (χ2v) is 11.6. The molecular weight excluding hydrogens is 542 g/mol. The van der Waals surface area contributed by atoms with Crippen LogP contribution in [0.1, 0.15) is 23.2 Å². The molecule has 1 aliphatic rings. The number of nitrogens with zero attached hydrogens (tertiary/aromatic N) is 8. The lowest BCUT2D eigenvalue weighted by Gasteiger charge is -2.22. The van der Waals surface area contributed by atoms with Crippen molar-refractivity contribution in [2.75, 3.05) is 44.4 Å². The number of rotatable bonds is 9. The van der Waals surface area contributed by atoms with Crippen molar-refractivity contribution in [2.24, 2.45) is 7.05 Å². The molecule has 0 saturated heterocycles. The molecule has 222 valence electrons. The van der Waals surface area contributed by atoms with Crippen molar-refractivity contribution < 1.29 is 4.92 Å². The van der Waals surface area contributed by atoms with Gasteiger partial charge in [-0.15, -0.1) is 0 Å². The summed E-state index contributed by atoms with van der Waals surface area (Å²) in [5.41, 5.74) is 9.36. The molecule has 0 fully saturated rings. The summed E-state index contributed by atoms with van der Waals surface area (Å²) in [6, 6.07) is 9.92. The van der Waals surface area contributed by atoms with Gasteiger partial charge in [-0.1, -0.05) is 18.2 Å². The molecule has 0 bridgehead atoms. The van der Waals surface area contributed by atoms with Crippen LogP contribution in [0.4, 0.5) is 23.0 Å². The third-order valence-electron chi connectivity index (χ3n) is 8.45. The second-order valence-electron chi connectivity index (χ2n) is 11.6. The number of nitro groups is 1. The maximum atomic E-state index is 12.1. The molecular formula is C32H37N9O2. The van der Waals surface area contributed by atoms with Crippen molar-refractivity contribution in [3.8, 4) is 22.4 Å². The van der Waals surface area contributed by atoms with E-state index < -0.39 is 0 Å². The summed E-state index contributed by atoms with van der Waals surface area (Å²) in [5.74, 6) is 0.373. The van der Waals surface area contributed by atoms with Crippen molar-refractivity contribution in [1.29, 1.82) is 0 Å². The Morgan fingerprint density at radius 1 is 1.07 bits per heavy atom. The highest BCUT2D eigenvalue weighted by atomic mass is 16.6. The summed E-state index contributed by atoms with van der Waals surface area (Å²) in [6.07, 6.45) is 8.04. The number of aromatic nitrogens is 5. The minimum absolute atomic E-state index is 0.0335. The fraction of sp³-hybridized carbons (Fsp3) is 0.344. The van der Waals surface area contributed by atoms with Crippen LogP contribution >= 0.6 is 0 Å². The van der Waals surface area contributed by atoms with Gasteiger partial charge in [-0.05, 0) is 58.0 Å². The molecule has 5 aromatic rings. The number of para-hydroxylation sites is 1. The van der Waals surface area contributed by atoms with E-state index in [0.717, 1.165) is 65.0 Å². The summed E-state index contributed by atoms with van der Waals surface area (Å²) in [7, 11) is 7.78. The molecule has 0 saturated carbocycles. The summed E-state index contributed by atoms with van der Waals surface area (Å²) < 4.78 is 4.18. The van der Waals surface area contributed by atoms with E-state index in [0.29, 0.717) is 23.9 Å². The molecule has 1 N–H and O–H groups in total. The highest BCUT2D eigenvalue weighted by molar-refractivity contribution is 6.00. The predicted octanol–water partition coefficient (Wildman–Crippen LogP) is 5.71. The van der Waals surface area contributed by atoms with Crippen LogP contribution in [0.5, 0.6) is 0 Å². The third-order valence-corrected chi connectivity index (χ3v) is 8.45. The number of anilines is 3. The molecule has 3 aromatic heterocycles. The summed E-state index contributed by atoms with van der Waals surface area (Å²) in [6.45, 7) is 6.38. The Bertz CT molecular complexity index is 1850. The summed E-state index contributed by atoms with van der Waals surface area (Å²) in [5, 5.41) is 21.1. The van der Waals surface area contributed by atoms with Gasteiger partial charge in [0.25, 0.3) is 5.69 Å². The molecule has 0 radical (unpaired) electrons. The Kier molecular flexibility index (Phi) is 7.35. The van der Waals surface area contributed by atoms with Crippen LogP contribution in [0.25, 0.3) is 33.3 Å². The van der Waals surface area contributed by atoms with Crippen molar-refractivity contribution in [2.45, 2.75) is 33.2 Å². The van der Waals surface area contributed by atoms with Gasteiger partial charge in [0, 0.05) is 80.0 Å². The van der Waals surface area contributed by atoms with E-state index in [9.17, 15) is 10.1 Å². The van der Waals surface area contributed by atoms with E-state index in [1.165, 1.54) is 11.1 Å². The predicted molar refractivity (Wildman–Crippen MR) is 171 cm³/mol. The van der Waals surface area contributed by atoms with Gasteiger partial charge >= 0.3 is 0 Å². The van der Waals surface area contributed by atoms with Gasteiger partial charge in [-0.25, -0.2) is 9.97 Å². The maximum absolute atomic E-state index is 12.1. The van der Waals surface area contributed by atoms with Crippen LogP contribution in [0.15, 0.2) is 48.9 Å². The number of nitro benzene ring substituents is 1. The Balaban J connectivity index is 1.46. The number of benzene rings is 2. The highest BCUT2D eigenvalue weighted by Gasteiger charge is 2.24. The van der Waals surface area contributed by atoms with Crippen LogP contribution < -0.4 is 10.2 Å². The topological polar surface area (TPSA) is 110 Å². The van der Waals surface area contributed by atoms with Gasteiger partial charge in [-0.2, -0.15) is 5.10 Å². The molecule has 0 aliphatic carbocycles. The van der Waals surface area contributed by atoms with Crippen LogP contribution in [0.2, 0.25) is 0 Å². The van der Waals surface area contributed by atoms with Crippen LogP contribution in [0.3, 0.4) is 0 Å². The average Bonchev–Trinajstić information content (AvgIpc) is 3.53. The molecule has 0 atom stereocenters. The molecule has 4 heterocycles. The van der Waals surface area contributed by atoms with Gasteiger partial charge in [0.1, 0.15) is 5.69 Å². The quantitative estimate of drug-likeness (QED) is 0.175. The zero-order chi connectivity index (χ0) is 30.4. The van der Waals surface area contributed by atoms with E-state index in [1.54, 1.807) is 6.07 Å². The molecule has 0 unspecified atom stereocenters. The number of nitrogens with one attached hydrogen (secondary N) is 1. The van der Waals surface area contributed by atoms with Crippen molar-refractivity contribution >= 4 is 33.9 Å². The van der Waals surface area contributed by atoms with E-state index in [1.807, 2.05) is 70.1 Å². The van der Waals surface area contributed by atoms with Crippen LogP contribution in [-0.2, 0) is 20.0 Å². The van der Waals surface area contributed by atoms with Gasteiger partial charge in [0.2, 0.25) is 5.95 Å². The maximum Gasteiger partial charge on any atom is 0.294 e. The number of hydrogen-bond donors (Lipinski definition) is 1. The largest absolute Gasteiger partial charge is 0.368 e. The first-order valence-electron chi connectivity index (χ1n) is 14.5. The molecule has 6 rings (SSSR count). The summed E-state index contributed by atoms with van der Waals surface area (Å²) >= 11 is 0. The molecule has 2 aromatic carbocycles. The minimum Gasteiger partial charge on any atom is -0.368 e. The first-order chi connectivity index (χ1) is 20.6. The second kappa shape index (κ2) is 11.1.